The molecule has 1 atom stereocenters. The number of morpholine rings is 1. The van der Waals surface area contributed by atoms with Gasteiger partial charge in [-0.3, -0.25) is 4.79 Å². The molecule has 0 N–H and O–H groups in total. The van der Waals surface area contributed by atoms with Gasteiger partial charge in [-0.25, -0.2) is 4.39 Å². The van der Waals surface area contributed by atoms with Gasteiger partial charge >= 0.3 is 0 Å². The first-order chi connectivity index (χ1) is 13.1. The summed E-state index contributed by atoms with van der Waals surface area (Å²) in [6, 6.07) is 11.7. The number of nitrogens with zero attached hydrogens (tertiary/aromatic N) is 1. The number of benzene rings is 2. The second-order valence-corrected chi connectivity index (χ2v) is 6.42. The van der Waals surface area contributed by atoms with Gasteiger partial charge in [-0.2, -0.15) is 0 Å². The Bertz CT molecular complexity index is 778. The van der Waals surface area contributed by atoms with E-state index in [4.69, 9.17) is 14.2 Å². The van der Waals surface area contributed by atoms with E-state index < -0.39 is 0 Å². The number of hydrogen-bond donors (Lipinski definition) is 0. The highest BCUT2D eigenvalue weighted by molar-refractivity contribution is 5.77. The fraction of sp³-hybridized carbons (Fsp3) is 0.381. The normalized spacial score (nSPS) is 16.9. The lowest BCUT2D eigenvalue weighted by molar-refractivity contribution is -0.140. The maximum absolute atomic E-state index is 13.2. The van der Waals surface area contributed by atoms with Crippen molar-refractivity contribution in [2.75, 3.05) is 34.0 Å². The van der Waals surface area contributed by atoms with Crippen molar-refractivity contribution in [1.82, 2.24) is 4.90 Å². The first-order valence-corrected chi connectivity index (χ1v) is 8.96. The highest BCUT2D eigenvalue weighted by Crippen LogP contribution is 2.29. The van der Waals surface area contributed by atoms with Crippen LogP contribution in [-0.2, 0) is 16.0 Å². The van der Waals surface area contributed by atoms with Crippen molar-refractivity contribution in [2.45, 2.75) is 18.9 Å². The van der Waals surface area contributed by atoms with Crippen LogP contribution in [0.5, 0.6) is 11.5 Å². The number of halogens is 1. The Kier molecular flexibility index (Phi) is 6.29. The van der Waals surface area contributed by atoms with Crippen molar-refractivity contribution in [3.8, 4) is 11.5 Å². The highest BCUT2D eigenvalue weighted by atomic mass is 19.1. The van der Waals surface area contributed by atoms with Gasteiger partial charge in [0.15, 0.2) is 11.5 Å². The van der Waals surface area contributed by atoms with Crippen LogP contribution in [0.15, 0.2) is 42.5 Å². The number of carbonyl (C=O) groups excluding carboxylic acids is 1. The minimum atomic E-state index is -0.290. The molecule has 1 amide bonds. The number of aryl methyl sites for hydroxylation is 1. The van der Waals surface area contributed by atoms with Gasteiger partial charge in [0.1, 0.15) is 5.82 Å². The molecule has 2 aromatic rings. The number of carbonyl (C=O) groups is 1. The van der Waals surface area contributed by atoms with E-state index in [0.29, 0.717) is 44.1 Å². The zero-order valence-electron chi connectivity index (χ0n) is 15.6. The van der Waals surface area contributed by atoms with Gasteiger partial charge in [0.05, 0.1) is 33.5 Å². The molecule has 1 fully saturated rings. The predicted molar refractivity (Wildman–Crippen MR) is 99.5 cm³/mol. The largest absolute Gasteiger partial charge is 0.493 e. The molecule has 1 aliphatic heterocycles. The zero-order valence-corrected chi connectivity index (χ0v) is 15.6. The second-order valence-electron chi connectivity index (χ2n) is 6.42. The minimum Gasteiger partial charge on any atom is -0.493 e. The Morgan fingerprint density at radius 2 is 1.89 bits per heavy atom. The number of hydrogen-bond acceptors (Lipinski definition) is 4. The fourth-order valence-electron chi connectivity index (χ4n) is 3.29. The number of methoxy groups -OCH3 is 2. The summed E-state index contributed by atoms with van der Waals surface area (Å²) in [7, 11) is 3.18. The van der Waals surface area contributed by atoms with E-state index in [1.807, 2.05) is 23.1 Å². The molecule has 0 saturated carbocycles. The van der Waals surface area contributed by atoms with Crippen LogP contribution < -0.4 is 9.47 Å². The van der Waals surface area contributed by atoms with Gasteiger partial charge in [0.2, 0.25) is 5.91 Å². The number of rotatable bonds is 6. The Labute approximate surface area is 158 Å². The number of amides is 1. The third-order valence-electron chi connectivity index (χ3n) is 4.78. The quantitative estimate of drug-likeness (QED) is 0.779. The van der Waals surface area contributed by atoms with E-state index >= 15 is 0 Å². The van der Waals surface area contributed by atoms with E-state index in [1.54, 1.807) is 26.4 Å². The summed E-state index contributed by atoms with van der Waals surface area (Å²) in [5.74, 6) is 1.08. The van der Waals surface area contributed by atoms with E-state index in [1.165, 1.54) is 12.1 Å². The molecule has 27 heavy (non-hydrogen) atoms. The summed E-state index contributed by atoms with van der Waals surface area (Å²) < 4.78 is 29.3. The van der Waals surface area contributed by atoms with E-state index in [0.717, 1.165) is 11.1 Å². The lowest BCUT2D eigenvalue weighted by Crippen LogP contribution is -2.43. The van der Waals surface area contributed by atoms with Crippen molar-refractivity contribution in [1.29, 1.82) is 0 Å². The monoisotopic (exact) mass is 373 g/mol. The molecule has 1 aliphatic rings. The molecule has 6 heteroatoms. The lowest BCUT2D eigenvalue weighted by atomic mass is 10.0. The van der Waals surface area contributed by atoms with Crippen molar-refractivity contribution >= 4 is 5.91 Å². The Balaban J connectivity index is 1.67. The molecule has 1 saturated heterocycles. The molecule has 5 nitrogen and oxygen atoms in total. The van der Waals surface area contributed by atoms with Crippen LogP contribution in [0.1, 0.15) is 23.6 Å². The molecule has 0 aromatic heterocycles. The summed E-state index contributed by atoms with van der Waals surface area (Å²) in [4.78, 5) is 14.7. The molecule has 2 aromatic carbocycles. The lowest BCUT2D eigenvalue weighted by Gasteiger charge is -2.36. The van der Waals surface area contributed by atoms with Crippen LogP contribution in [0.25, 0.3) is 0 Å². The average Bonchev–Trinajstić information content (AvgIpc) is 2.72. The topological polar surface area (TPSA) is 48.0 Å². The van der Waals surface area contributed by atoms with Crippen molar-refractivity contribution in [3.05, 3.63) is 59.4 Å². The average molecular weight is 373 g/mol. The number of ether oxygens (including phenoxy) is 3. The fourth-order valence-corrected chi connectivity index (χ4v) is 3.29. The van der Waals surface area contributed by atoms with E-state index in [9.17, 15) is 9.18 Å². The van der Waals surface area contributed by atoms with Gasteiger partial charge in [0.25, 0.3) is 0 Å². The van der Waals surface area contributed by atoms with Crippen molar-refractivity contribution in [3.63, 3.8) is 0 Å². The van der Waals surface area contributed by atoms with Gasteiger partial charge in [0, 0.05) is 13.0 Å². The molecule has 144 valence electrons. The molecule has 0 spiro atoms. The molecular weight excluding hydrogens is 349 g/mol. The van der Waals surface area contributed by atoms with Crippen LogP contribution in [0.2, 0.25) is 0 Å². The van der Waals surface area contributed by atoms with Crippen LogP contribution >= 0.6 is 0 Å². The van der Waals surface area contributed by atoms with E-state index in [2.05, 4.69) is 0 Å². The Morgan fingerprint density at radius 1 is 1.15 bits per heavy atom. The summed E-state index contributed by atoms with van der Waals surface area (Å²) in [5.41, 5.74) is 1.89. The summed E-state index contributed by atoms with van der Waals surface area (Å²) >= 11 is 0. The molecule has 0 radical (unpaired) electrons. The SMILES string of the molecule is COc1ccc(CCC(=O)N2CCOCC2c2ccc(F)cc2)cc1OC. The first-order valence-electron chi connectivity index (χ1n) is 8.96. The van der Waals surface area contributed by atoms with Gasteiger partial charge < -0.3 is 19.1 Å². The van der Waals surface area contributed by atoms with Crippen molar-refractivity contribution in [2.24, 2.45) is 0 Å². The van der Waals surface area contributed by atoms with Crippen LogP contribution in [0, 0.1) is 5.82 Å². The van der Waals surface area contributed by atoms with Gasteiger partial charge in [-0.05, 0) is 41.8 Å². The second kappa shape index (κ2) is 8.86. The molecular formula is C21H24FNO4. The maximum Gasteiger partial charge on any atom is 0.223 e. The predicted octanol–water partition coefficient (Wildman–Crippen LogP) is 3.38. The summed E-state index contributed by atoms with van der Waals surface area (Å²) in [5, 5.41) is 0. The van der Waals surface area contributed by atoms with E-state index in [-0.39, 0.29) is 17.8 Å². The van der Waals surface area contributed by atoms with Crippen LogP contribution in [0.4, 0.5) is 4.39 Å². The minimum absolute atomic E-state index is 0.0578. The third kappa shape index (κ3) is 4.57. The van der Waals surface area contributed by atoms with Gasteiger partial charge in [-0.1, -0.05) is 18.2 Å². The standard InChI is InChI=1S/C21H24FNO4/c1-25-19-9-3-15(13-20(19)26-2)4-10-21(24)23-11-12-27-14-18(23)16-5-7-17(22)8-6-16/h3,5-9,13,18H,4,10-12,14H2,1-2H3. The molecule has 0 bridgehead atoms. The first kappa shape index (κ1) is 19.2. The van der Waals surface area contributed by atoms with Crippen molar-refractivity contribution < 1.29 is 23.4 Å². The Morgan fingerprint density at radius 3 is 2.59 bits per heavy atom. The molecule has 1 heterocycles. The third-order valence-corrected chi connectivity index (χ3v) is 4.78. The smallest absolute Gasteiger partial charge is 0.223 e. The molecule has 3 rings (SSSR count). The molecule has 0 aliphatic carbocycles. The summed E-state index contributed by atoms with van der Waals surface area (Å²) in [6.07, 6.45) is 0.986. The maximum atomic E-state index is 13.2. The highest BCUT2D eigenvalue weighted by Gasteiger charge is 2.28. The Hall–Kier alpha value is -2.60. The van der Waals surface area contributed by atoms with Crippen LogP contribution in [0.3, 0.4) is 0 Å². The van der Waals surface area contributed by atoms with Gasteiger partial charge in [-0.15, -0.1) is 0 Å². The molecule has 1 unspecified atom stereocenters. The van der Waals surface area contributed by atoms with Crippen LogP contribution in [-0.4, -0.2) is 44.8 Å². The summed E-state index contributed by atoms with van der Waals surface area (Å²) in [6.45, 7) is 1.47. The zero-order chi connectivity index (χ0) is 19.2.